The zero-order valence-electron chi connectivity index (χ0n) is 31.5. The van der Waals surface area contributed by atoms with Crippen LogP contribution < -0.4 is 0 Å². The number of hydrogen-bond donors (Lipinski definition) is 0. The summed E-state index contributed by atoms with van der Waals surface area (Å²) < 4.78 is 18.1. The molecule has 0 aromatic heterocycles. The van der Waals surface area contributed by atoms with Gasteiger partial charge in [-0.2, -0.15) is 0 Å². The fraction of sp³-hybridized carbons (Fsp3) is 0.875. The van der Waals surface area contributed by atoms with Crippen LogP contribution in [0.2, 0.25) is 4.44 Å². The summed E-state index contributed by atoms with van der Waals surface area (Å²) in [4.78, 5) is 39.2. The number of carbonyl (C=O) groups excluding carboxylic acids is 3. The Labute approximate surface area is 296 Å². The van der Waals surface area contributed by atoms with Crippen molar-refractivity contribution in [2.45, 2.75) is 225 Å². The molecule has 0 spiro atoms. The van der Waals surface area contributed by atoms with Gasteiger partial charge in [0.15, 0.2) is 0 Å². The van der Waals surface area contributed by atoms with E-state index in [1.807, 2.05) is 19.1 Å². The van der Waals surface area contributed by atoms with Crippen LogP contribution in [0.5, 0.6) is 0 Å². The summed E-state index contributed by atoms with van der Waals surface area (Å²) in [6.07, 6.45) is 35.6. The molecule has 0 heterocycles. The first-order chi connectivity index (χ1) is 22.9. The molecule has 276 valence electrons. The third kappa shape index (κ3) is 30.7. The summed E-state index contributed by atoms with van der Waals surface area (Å²) in [5, 5.41) is 0. The molecule has 0 bridgehead atoms. The fourth-order valence-electron chi connectivity index (χ4n) is 5.86. The van der Waals surface area contributed by atoms with Crippen molar-refractivity contribution in [3.8, 4) is 0 Å². The number of rotatable bonds is 35. The van der Waals surface area contributed by atoms with Crippen molar-refractivity contribution in [1.82, 2.24) is 0 Å². The van der Waals surface area contributed by atoms with Gasteiger partial charge >= 0.3 is 277 Å². The van der Waals surface area contributed by atoms with Crippen LogP contribution in [0.15, 0.2) is 12.2 Å². The topological polar surface area (TPSA) is 78.9 Å². The predicted octanol–water partition coefficient (Wildman–Crippen LogP) is 12.9. The van der Waals surface area contributed by atoms with Crippen LogP contribution in [0, 0.1) is 0 Å². The summed E-state index contributed by atoms with van der Waals surface area (Å²) in [7, 11) is 0. The summed E-state index contributed by atoms with van der Waals surface area (Å²) in [5.41, 5.74) is 0. The van der Waals surface area contributed by atoms with E-state index in [1.54, 1.807) is 0 Å². The van der Waals surface area contributed by atoms with Crippen LogP contribution in [-0.4, -0.2) is 37.5 Å². The normalized spacial score (nSPS) is 11.7. The summed E-state index contributed by atoms with van der Waals surface area (Å²) in [5.74, 6) is -1.21. The van der Waals surface area contributed by atoms with E-state index in [4.69, 9.17) is 9.22 Å². The number of unbranched alkanes of at least 4 members (excludes halogenated alkanes) is 24. The van der Waals surface area contributed by atoms with Crippen LogP contribution in [0.3, 0.4) is 0 Å². The van der Waals surface area contributed by atoms with E-state index in [2.05, 4.69) is 20.8 Å². The summed E-state index contributed by atoms with van der Waals surface area (Å²) in [6, 6.07) is 0. The average molecular weight is 772 g/mol. The van der Waals surface area contributed by atoms with Gasteiger partial charge in [0, 0.05) is 0 Å². The molecule has 6 nitrogen and oxygen atoms in total. The van der Waals surface area contributed by atoms with Crippen molar-refractivity contribution in [3.63, 3.8) is 0 Å². The molecule has 0 aliphatic carbocycles. The molecule has 0 aromatic carbocycles. The second-order valence-corrected chi connectivity index (χ2v) is 20.4. The zero-order chi connectivity index (χ0) is 34.7. The van der Waals surface area contributed by atoms with Crippen molar-refractivity contribution in [2.24, 2.45) is 0 Å². The number of allylic oxidation sites excluding steroid dienone is 2. The molecular formula is C40H76O6Sn. The SMILES string of the molecule is CC=C[CH2][Sn]([O]C(=O)CCCCCCCCCCC)([O]C(=O)CCCCCCCCCCC)[O]C(=O)CCCCCCCCCCC. The fourth-order valence-corrected chi connectivity index (χ4v) is 12.3. The monoisotopic (exact) mass is 772 g/mol. The van der Waals surface area contributed by atoms with E-state index < -0.39 is 37.5 Å². The van der Waals surface area contributed by atoms with Crippen molar-refractivity contribution in [3.05, 3.63) is 12.2 Å². The Balaban J connectivity index is 4.99. The maximum atomic E-state index is 13.1. The molecule has 0 rings (SSSR count). The molecule has 0 amide bonds. The van der Waals surface area contributed by atoms with Gasteiger partial charge in [-0.25, -0.2) is 0 Å². The Morgan fingerprint density at radius 1 is 0.404 bits per heavy atom. The Kier molecular flexibility index (Phi) is 34.0. The molecule has 0 saturated carbocycles. The third-order valence-corrected chi connectivity index (χ3v) is 15.6. The van der Waals surface area contributed by atoms with Crippen molar-refractivity contribution in [2.75, 3.05) is 0 Å². The maximum absolute atomic E-state index is 13.1. The van der Waals surface area contributed by atoms with Gasteiger partial charge in [0.05, 0.1) is 0 Å². The number of hydrogen-bond acceptors (Lipinski definition) is 6. The molecule has 0 N–H and O–H groups in total. The molecule has 0 atom stereocenters. The molecule has 7 heteroatoms. The Morgan fingerprint density at radius 3 is 0.872 bits per heavy atom. The van der Waals surface area contributed by atoms with Crippen molar-refractivity contribution >= 4 is 37.5 Å². The Hall–Kier alpha value is -1.05. The molecule has 0 saturated heterocycles. The summed E-state index contributed by atoms with van der Waals surface area (Å²) in [6.45, 7) is 8.56. The molecule has 0 unspecified atom stereocenters. The van der Waals surface area contributed by atoms with Crippen LogP contribution in [0.1, 0.15) is 220 Å². The van der Waals surface area contributed by atoms with E-state index in [1.165, 1.54) is 116 Å². The van der Waals surface area contributed by atoms with E-state index in [0.29, 0.717) is 0 Å². The van der Waals surface area contributed by atoms with E-state index >= 15 is 0 Å². The van der Waals surface area contributed by atoms with Gasteiger partial charge in [-0.1, -0.05) is 20.8 Å². The van der Waals surface area contributed by atoms with Crippen LogP contribution in [0.25, 0.3) is 0 Å². The van der Waals surface area contributed by atoms with Gasteiger partial charge in [0.25, 0.3) is 0 Å². The molecule has 0 aliphatic heterocycles. The zero-order valence-corrected chi connectivity index (χ0v) is 34.4. The minimum atomic E-state index is -4.88. The van der Waals surface area contributed by atoms with Gasteiger partial charge < -0.3 is 0 Å². The van der Waals surface area contributed by atoms with Crippen molar-refractivity contribution < 1.29 is 23.6 Å². The van der Waals surface area contributed by atoms with Crippen LogP contribution >= 0.6 is 0 Å². The van der Waals surface area contributed by atoms with Gasteiger partial charge in [-0.3, -0.25) is 0 Å². The van der Waals surface area contributed by atoms with Gasteiger partial charge in [0.2, 0.25) is 0 Å². The molecule has 0 aliphatic rings. The second kappa shape index (κ2) is 34.8. The molecule has 0 radical (unpaired) electrons. The second-order valence-electron chi connectivity index (χ2n) is 13.6. The van der Waals surface area contributed by atoms with Crippen LogP contribution in [-0.2, 0) is 23.6 Å². The minimum absolute atomic E-state index is 0.196. The van der Waals surface area contributed by atoms with E-state index in [-0.39, 0.29) is 23.7 Å². The first-order valence-electron chi connectivity index (χ1n) is 20.2. The molecule has 0 aromatic rings. The molecule has 47 heavy (non-hydrogen) atoms. The molecule has 0 fully saturated rings. The number of carbonyl (C=O) groups is 3. The Morgan fingerprint density at radius 2 is 0.638 bits per heavy atom. The first-order valence-corrected chi connectivity index (χ1v) is 25.7. The standard InChI is InChI=1S/3C12H24O2.C4H7.Sn/c3*1-2-3-4-5-6-7-8-9-10-11-12(13)14;1-3-4-2;/h3*2-11H2,1H3,(H,13,14);3-4H,1H2,2H3;/q;;;;+3/p-3. The quantitative estimate of drug-likeness (QED) is 0.0363. The minimum Gasteiger partial charge on any atom is -0.0654 e. The molecular weight excluding hydrogens is 695 g/mol. The average Bonchev–Trinajstić information content (AvgIpc) is 3.05. The Bertz CT molecular complexity index is 679. The van der Waals surface area contributed by atoms with Crippen molar-refractivity contribution in [1.29, 1.82) is 0 Å². The third-order valence-electron chi connectivity index (χ3n) is 8.86. The predicted molar refractivity (Wildman–Crippen MR) is 199 cm³/mol. The summed E-state index contributed by atoms with van der Waals surface area (Å²) >= 11 is -4.88. The van der Waals surface area contributed by atoms with Crippen LogP contribution in [0.4, 0.5) is 0 Å². The smallest absolute Gasteiger partial charge is 0.0654 e. The van der Waals surface area contributed by atoms with Gasteiger partial charge in [-0.15, -0.1) is 0 Å². The van der Waals surface area contributed by atoms with E-state index in [9.17, 15) is 14.4 Å². The van der Waals surface area contributed by atoms with Gasteiger partial charge in [-0.05, 0) is 0 Å². The van der Waals surface area contributed by atoms with Gasteiger partial charge in [0.1, 0.15) is 0 Å². The first kappa shape index (κ1) is 45.9. The van der Waals surface area contributed by atoms with E-state index in [0.717, 1.165) is 57.8 Å².